The summed E-state index contributed by atoms with van der Waals surface area (Å²) in [6, 6.07) is 13.9. The standard InChI is InChI=1S/C16H15N7O2/c17-16(18)22-19-9-14-15(12-3-1-2-4-13(12)21-14)20-10-5-7-11(8-6-10)23(24)25/h1-9,20-21H,(H4,17,18,22)/p+1. The molecule has 126 valence electrons. The van der Waals surface area contributed by atoms with Gasteiger partial charge in [-0.05, 0) is 18.2 Å². The maximum Gasteiger partial charge on any atom is 0.269 e. The van der Waals surface area contributed by atoms with Gasteiger partial charge >= 0.3 is 0 Å². The molecular weight excluding hydrogens is 322 g/mol. The largest absolute Gasteiger partial charge is 0.365 e. The van der Waals surface area contributed by atoms with E-state index >= 15 is 0 Å². The number of non-ortho nitro benzene ring substituents is 1. The molecule has 9 nitrogen and oxygen atoms in total. The zero-order chi connectivity index (χ0) is 17.8. The average Bonchev–Trinajstić information content (AvgIpc) is 2.93. The van der Waals surface area contributed by atoms with Gasteiger partial charge in [0.05, 0.1) is 10.6 Å². The Kier molecular flexibility index (Phi) is 4.29. The summed E-state index contributed by atoms with van der Waals surface area (Å²) in [5.74, 6) is -0.0859. The van der Waals surface area contributed by atoms with E-state index in [-0.39, 0.29) is 11.6 Å². The molecule has 0 amide bonds. The van der Waals surface area contributed by atoms with Gasteiger partial charge in [-0.3, -0.25) is 10.1 Å². The fraction of sp³-hybridized carbons (Fsp3) is 0. The predicted molar refractivity (Wildman–Crippen MR) is 96.6 cm³/mol. The molecule has 2 aromatic carbocycles. The number of benzene rings is 2. The van der Waals surface area contributed by atoms with Crippen molar-refractivity contribution in [3.05, 3.63) is 64.3 Å². The summed E-state index contributed by atoms with van der Waals surface area (Å²) in [7, 11) is 0. The van der Waals surface area contributed by atoms with Crippen molar-refractivity contribution >= 4 is 40.1 Å². The maximum atomic E-state index is 10.8. The third-order valence-electron chi connectivity index (χ3n) is 3.49. The summed E-state index contributed by atoms with van der Waals surface area (Å²) in [5, 5.41) is 21.4. The highest BCUT2D eigenvalue weighted by Gasteiger charge is 2.13. The molecule has 3 aromatic rings. The molecule has 3 rings (SSSR count). The van der Waals surface area contributed by atoms with E-state index in [9.17, 15) is 10.1 Å². The van der Waals surface area contributed by atoms with Crippen LogP contribution in [0.1, 0.15) is 5.69 Å². The molecule has 25 heavy (non-hydrogen) atoms. The SMILES string of the molecule is NC(N)=N[NH+]=Cc1[nH]c2ccccc2c1Nc1ccc([N+](=O)[O-])cc1. The van der Waals surface area contributed by atoms with Crippen LogP contribution >= 0.6 is 0 Å². The van der Waals surface area contributed by atoms with Crippen LogP contribution in [0, 0.1) is 10.1 Å². The molecule has 0 unspecified atom stereocenters. The topological polar surface area (TPSA) is 149 Å². The summed E-state index contributed by atoms with van der Waals surface area (Å²) in [5.41, 5.74) is 13.8. The van der Waals surface area contributed by atoms with Gasteiger partial charge in [0, 0.05) is 33.8 Å². The molecule has 0 radical (unpaired) electrons. The highest BCUT2D eigenvalue weighted by atomic mass is 16.6. The van der Waals surface area contributed by atoms with E-state index in [1.165, 1.54) is 12.1 Å². The van der Waals surface area contributed by atoms with Crippen LogP contribution in [0.3, 0.4) is 0 Å². The number of para-hydroxylation sites is 1. The molecule has 0 bridgehead atoms. The highest BCUT2D eigenvalue weighted by Crippen LogP contribution is 2.29. The lowest BCUT2D eigenvalue weighted by molar-refractivity contribution is -0.456. The van der Waals surface area contributed by atoms with Crippen LogP contribution in [-0.4, -0.2) is 22.1 Å². The van der Waals surface area contributed by atoms with Crippen LogP contribution in [0.4, 0.5) is 17.1 Å². The summed E-state index contributed by atoms with van der Waals surface area (Å²) in [6.45, 7) is 0. The Balaban J connectivity index is 1.99. The van der Waals surface area contributed by atoms with E-state index in [0.29, 0.717) is 5.69 Å². The molecule has 0 saturated heterocycles. The van der Waals surface area contributed by atoms with E-state index in [2.05, 4.69) is 20.5 Å². The molecule has 0 fully saturated rings. The Hall–Kier alpha value is -3.88. The van der Waals surface area contributed by atoms with E-state index < -0.39 is 4.92 Å². The minimum absolute atomic E-state index is 0.0330. The van der Waals surface area contributed by atoms with Crippen molar-refractivity contribution < 1.29 is 10.0 Å². The number of aromatic amines is 1. The lowest BCUT2D eigenvalue weighted by Gasteiger charge is -2.05. The first kappa shape index (κ1) is 16.0. The number of rotatable bonds is 5. The fourth-order valence-electron chi connectivity index (χ4n) is 2.39. The van der Waals surface area contributed by atoms with Crippen LogP contribution < -0.4 is 21.9 Å². The van der Waals surface area contributed by atoms with Crippen molar-refractivity contribution in [2.75, 3.05) is 5.32 Å². The molecule has 0 aliphatic heterocycles. The van der Waals surface area contributed by atoms with Crippen LogP contribution in [0.5, 0.6) is 0 Å². The van der Waals surface area contributed by atoms with Gasteiger partial charge in [-0.1, -0.05) is 18.2 Å². The number of nitro groups is 1. The van der Waals surface area contributed by atoms with Crippen molar-refractivity contribution in [2.24, 2.45) is 16.6 Å². The van der Waals surface area contributed by atoms with Crippen LogP contribution in [0.25, 0.3) is 10.9 Å². The van der Waals surface area contributed by atoms with Crippen molar-refractivity contribution in [1.82, 2.24) is 4.98 Å². The monoisotopic (exact) mass is 338 g/mol. The number of nitrogens with one attached hydrogen (secondary N) is 3. The lowest BCUT2D eigenvalue weighted by Crippen LogP contribution is -2.63. The second kappa shape index (κ2) is 6.71. The predicted octanol–water partition coefficient (Wildman–Crippen LogP) is 0.508. The Morgan fingerprint density at radius 2 is 1.92 bits per heavy atom. The maximum absolute atomic E-state index is 10.8. The van der Waals surface area contributed by atoms with Gasteiger partial charge in [-0.2, -0.15) is 0 Å². The van der Waals surface area contributed by atoms with Crippen LogP contribution in [-0.2, 0) is 0 Å². The van der Waals surface area contributed by atoms with Crippen LogP contribution in [0.15, 0.2) is 53.6 Å². The van der Waals surface area contributed by atoms with Gasteiger partial charge in [0.15, 0.2) is 0 Å². The zero-order valence-electron chi connectivity index (χ0n) is 13.1. The lowest BCUT2D eigenvalue weighted by atomic mass is 10.2. The average molecular weight is 338 g/mol. The van der Waals surface area contributed by atoms with E-state index in [1.807, 2.05) is 24.3 Å². The summed E-state index contributed by atoms with van der Waals surface area (Å²) in [4.78, 5) is 13.6. The number of anilines is 2. The Morgan fingerprint density at radius 1 is 1.20 bits per heavy atom. The van der Waals surface area contributed by atoms with Gasteiger partial charge in [-0.15, -0.1) is 5.10 Å². The zero-order valence-corrected chi connectivity index (χ0v) is 13.1. The van der Waals surface area contributed by atoms with Gasteiger partial charge in [0.2, 0.25) is 6.21 Å². The number of guanidine groups is 1. The molecular formula is C16H16N7O2+. The third-order valence-corrected chi connectivity index (χ3v) is 3.49. The number of nitro benzene ring substituents is 1. The Bertz CT molecular complexity index is 970. The number of fused-ring (bicyclic) bond motifs is 1. The normalized spacial score (nSPS) is 10.9. The number of hydrogen-bond donors (Lipinski definition) is 5. The minimum atomic E-state index is -0.437. The smallest absolute Gasteiger partial charge is 0.269 e. The first-order chi connectivity index (χ1) is 12.0. The molecule has 1 aromatic heterocycles. The molecule has 1 heterocycles. The first-order valence-corrected chi connectivity index (χ1v) is 7.34. The number of hydrogen-bond acceptors (Lipinski definition) is 4. The number of nitrogens with zero attached hydrogens (tertiary/aromatic N) is 2. The summed E-state index contributed by atoms with van der Waals surface area (Å²) in [6.07, 6.45) is 1.62. The first-order valence-electron chi connectivity index (χ1n) is 7.34. The highest BCUT2D eigenvalue weighted by molar-refractivity contribution is 6.03. The molecule has 0 aliphatic carbocycles. The summed E-state index contributed by atoms with van der Waals surface area (Å²) >= 11 is 0. The van der Waals surface area contributed by atoms with Gasteiger partial charge in [0.1, 0.15) is 5.69 Å². The van der Waals surface area contributed by atoms with Gasteiger partial charge in [-0.25, -0.2) is 0 Å². The Labute approximate surface area is 142 Å². The van der Waals surface area contributed by atoms with E-state index in [4.69, 9.17) is 11.5 Å². The quantitative estimate of drug-likeness (QED) is 0.199. The second-order valence-corrected chi connectivity index (χ2v) is 5.20. The van der Waals surface area contributed by atoms with Crippen molar-refractivity contribution in [1.29, 1.82) is 0 Å². The molecule has 0 saturated carbocycles. The van der Waals surface area contributed by atoms with Crippen molar-refractivity contribution in [3.8, 4) is 0 Å². The molecule has 0 aliphatic rings. The molecule has 0 atom stereocenters. The number of nitrogens with two attached hydrogens (primary N) is 2. The minimum Gasteiger partial charge on any atom is -0.365 e. The third kappa shape index (κ3) is 3.55. The molecule has 0 spiro atoms. The van der Waals surface area contributed by atoms with Crippen molar-refractivity contribution in [3.63, 3.8) is 0 Å². The number of aromatic nitrogens is 1. The summed E-state index contributed by atoms with van der Waals surface area (Å²) < 4.78 is 0. The number of H-pyrrole nitrogens is 1. The van der Waals surface area contributed by atoms with Gasteiger partial charge in [0.25, 0.3) is 11.6 Å². The molecule has 7 N–H and O–H groups in total. The number of hydrazone groups is 1. The van der Waals surface area contributed by atoms with E-state index in [0.717, 1.165) is 22.3 Å². The van der Waals surface area contributed by atoms with Crippen LogP contribution in [0.2, 0.25) is 0 Å². The van der Waals surface area contributed by atoms with Crippen molar-refractivity contribution in [2.45, 2.75) is 0 Å². The fourth-order valence-corrected chi connectivity index (χ4v) is 2.39. The van der Waals surface area contributed by atoms with Gasteiger partial charge < -0.3 is 21.8 Å². The second-order valence-electron chi connectivity index (χ2n) is 5.20. The molecule has 9 heteroatoms. The van der Waals surface area contributed by atoms with E-state index in [1.54, 1.807) is 18.3 Å². The Morgan fingerprint density at radius 3 is 2.60 bits per heavy atom.